The van der Waals surface area contributed by atoms with E-state index >= 15 is 0 Å². The van der Waals surface area contributed by atoms with Crippen molar-refractivity contribution in [3.63, 3.8) is 0 Å². The number of amides is 1. The van der Waals surface area contributed by atoms with Gasteiger partial charge in [0.05, 0.1) is 0 Å². The van der Waals surface area contributed by atoms with Gasteiger partial charge in [0.2, 0.25) is 0 Å². The zero-order valence-corrected chi connectivity index (χ0v) is 12.5. The SMILES string of the molecule is CNCCCN(Cc1ccccc1)C(=O)c1ccccc1. The summed E-state index contributed by atoms with van der Waals surface area (Å²) in [5.74, 6) is 0.0931. The van der Waals surface area contributed by atoms with Gasteiger partial charge < -0.3 is 10.2 Å². The second-order valence-corrected chi connectivity index (χ2v) is 5.04. The molecule has 0 bridgehead atoms. The van der Waals surface area contributed by atoms with Gasteiger partial charge >= 0.3 is 0 Å². The lowest BCUT2D eigenvalue weighted by Crippen LogP contribution is -2.32. The van der Waals surface area contributed by atoms with Crippen LogP contribution in [0.2, 0.25) is 0 Å². The van der Waals surface area contributed by atoms with Gasteiger partial charge in [-0.2, -0.15) is 0 Å². The summed E-state index contributed by atoms with van der Waals surface area (Å²) in [6.07, 6.45) is 0.946. The fourth-order valence-corrected chi connectivity index (χ4v) is 2.27. The third kappa shape index (κ3) is 4.72. The Morgan fingerprint density at radius 2 is 1.62 bits per heavy atom. The van der Waals surface area contributed by atoms with E-state index in [0.29, 0.717) is 6.54 Å². The highest BCUT2D eigenvalue weighted by molar-refractivity contribution is 5.94. The zero-order valence-electron chi connectivity index (χ0n) is 12.5. The molecule has 0 heterocycles. The predicted octanol–water partition coefficient (Wildman–Crippen LogP) is 2.94. The Labute approximate surface area is 126 Å². The summed E-state index contributed by atoms with van der Waals surface area (Å²) < 4.78 is 0. The minimum absolute atomic E-state index is 0.0931. The summed E-state index contributed by atoms with van der Waals surface area (Å²) in [5, 5.41) is 3.13. The van der Waals surface area contributed by atoms with Gasteiger partial charge in [-0.25, -0.2) is 0 Å². The fourth-order valence-electron chi connectivity index (χ4n) is 2.27. The highest BCUT2D eigenvalue weighted by Crippen LogP contribution is 2.10. The Balaban J connectivity index is 2.09. The van der Waals surface area contributed by atoms with E-state index in [0.717, 1.165) is 30.6 Å². The maximum atomic E-state index is 12.6. The van der Waals surface area contributed by atoms with Crippen molar-refractivity contribution in [1.82, 2.24) is 10.2 Å². The molecule has 1 amide bonds. The van der Waals surface area contributed by atoms with Gasteiger partial charge in [-0.3, -0.25) is 4.79 Å². The summed E-state index contributed by atoms with van der Waals surface area (Å²) >= 11 is 0. The molecule has 0 aliphatic rings. The molecule has 0 radical (unpaired) electrons. The lowest BCUT2D eigenvalue weighted by Gasteiger charge is -2.23. The number of carbonyl (C=O) groups excluding carboxylic acids is 1. The maximum absolute atomic E-state index is 12.6. The summed E-state index contributed by atoms with van der Waals surface area (Å²) in [5.41, 5.74) is 1.91. The largest absolute Gasteiger partial charge is 0.334 e. The van der Waals surface area contributed by atoms with Crippen molar-refractivity contribution >= 4 is 5.91 Å². The Hall–Kier alpha value is -2.13. The van der Waals surface area contributed by atoms with Crippen molar-refractivity contribution in [3.05, 3.63) is 71.8 Å². The van der Waals surface area contributed by atoms with E-state index in [1.54, 1.807) is 0 Å². The van der Waals surface area contributed by atoms with Gasteiger partial charge in [-0.15, -0.1) is 0 Å². The number of hydrogen-bond donors (Lipinski definition) is 1. The fraction of sp³-hybridized carbons (Fsp3) is 0.278. The van der Waals surface area contributed by atoms with Gasteiger partial charge in [0.1, 0.15) is 0 Å². The molecule has 110 valence electrons. The first kappa shape index (κ1) is 15.3. The number of nitrogens with one attached hydrogen (secondary N) is 1. The van der Waals surface area contributed by atoms with E-state index in [9.17, 15) is 4.79 Å². The molecule has 0 saturated heterocycles. The third-order valence-electron chi connectivity index (χ3n) is 3.38. The van der Waals surface area contributed by atoms with E-state index in [1.165, 1.54) is 0 Å². The minimum atomic E-state index is 0.0931. The standard InChI is InChI=1S/C18H22N2O/c1-19-13-8-14-20(15-16-9-4-2-5-10-16)18(21)17-11-6-3-7-12-17/h2-7,9-12,19H,8,13-15H2,1H3. The molecule has 2 rings (SSSR count). The molecule has 3 heteroatoms. The van der Waals surface area contributed by atoms with Crippen LogP contribution in [0.4, 0.5) is 0 Å². The average molecular weight is 282 g/mol. The Morgan fingerprint density at radius 3 is 2.24 bits per heavy atom. The molecule has 0 aliphatic heterocycles. The van der Waals surface area contributed by atoms with E-state index in [-0.39, 0.29) is 5.91 Å². The van der Waals surface area contributed by atoms with Crippen LogP contribution in [0.1, 0.15) is 22.3 Å². The highest BCUT2D eigenvalue weighted by atomic mass is 16.2. The first-order chi connectivity index (χ1) is 10.3. The van der Waals surface area contributed by atoms with Crippen LogP contribution in [0.5, 0.6) is 0 Å². The van der Waals surface area contributed by atoms with Gasteiger partial charge in [0.25, 0.3) is 5.91 Å². The van der Waals surface area contributed by atoms with Crippen LogP contribution in [0.3, 0.4) is 0 Å². The van der Waals surface area contributed by atoms with E-state index < -0.39 is 0 Å². The van der Waals surface area contributed by atoms with Crippen molar-refractivity contribution in [2.75, 3.05) is 20.1 Å². The zero-order chi connectivity index (χ0) is 14.9. The smallest absolute Gasteiger partial charge is 0.254 e. The predicted molar refractivity (Wildman–Crippen MR) is 86.2 cm³/mol. The Morgan fingerprint density at radius 1 is 1.00 bits per heavy atom. The normalized spacial score (nSPS) is 10.3. The van der Waals surface area contributed by atoms with Crippen molar-refractivity contribution < 1.29 is 4.79 Å². The maximum Gasteiger partial charge on any atom is 0.254 e. The van der Waals surface area contributed by atoms with Gasteiger partial charge in [-0.1, -0.05) is 48.5 Å². The molecule has 21 heavy (non-hydrogen) atoms. The molecule has 3 nitrogen and oxygen atoms in total. The van der Waals surface area contributed by atoms with Crippen LogP contribution in [0, 0.1) is 0 Å². The quantitative estimate of drug-likeness (QED) is 0.792. The highest BCUT2D eigenvalue weighted by Gasteiger charge is 2.15. The van der Waals surface area contributed by atoms with Crippen molar-refractivity contribution in [1.29, 1.82) is 0 Å². The van der Waals surface area contributed by atoms with E-state index in [4.69, 9.17) is 0 Å². The van der Waals surface area contributed by atoms with E-state index in [2.05, 4.69) is 17.4 Å². The van der Waals surface area contributed by atoms with Crippen molar-refractivity contribution in [2.24, 2.45) is 0 Å². The van der Waals surface area contributed by atoms with Crippen LogP contribution in [0.15, 0.2) is 60.7 Å². The first-order valence-corrected chi connectivity index (χ1v) is 7.34. The number of hydrogen-bond acceptors (Lipinski definition) is 2. The molecule has 1 N–H and O–H groups in total. The molecular formula is C18H22N2O. The van der Waals surface area contributed by atoms with Crippen LogP contribution in [-0.4, -0.2) is 30.9 Å². The van der Waals surface area contributed by atoms with Crippen LogP contribution in [0.25, 0.3) is 0 Å². The van der Waals surface area contributed by atoms with Crippen LogP contribution >= 0.6 is 0 Å². The monoisotopic (exact) mass is 282 g/mol. The molecule has 0 atom stereocenters. The molecule has 0 spiro atoms. The topological polar surface area (TPSA) is 32.3 Å². The van der Waals surface area contributed by atoms with Gasteiger partial charge in [0.15, 0.2) is 0 Å². The molecule has 0 aromatic heterocycles. The molecule has 0 aliphatic carbocycles. The molecule has 0 unspecified atom stereocenters. The average Bonchev–Trinajstić information content (AvgIpc) is 2.55. The summed E-state index contributed by atoms with van der Waals surface area (Å²) in [6.45, 7) is 2.31. The number of nitrogens with zero attached hydrogens (tertiary/aromatic N) is 1. The Kier molecular flexibility index (Phi) is 5.98. The molecular weight excluding hydrogens is 260 g/mol. The second-order valence-electron chi connectivity index (χ2n) is 5.04. The number of carbonyl (C=O) groups is 1. The van der Waals surface area contributed by atoms with Crippen LogP contribution < -0.4 is 5.32 Å². The lowest BCUT2D eigenvalue weighted by molar-refractivity contribution is 0.0741. The molecule has 2 aromatic rings. The van der Waals surface area contributed by atoms with Gasteiger partial charge in [-0.05, 0) is 37.7 Å². The second kappa shape index (κ2) is 8.22. The van der Waals surface area contributed by atoms with Crippen molar-refractivity contribution in [3.8, 4) is 0 Å². The van der Waals surface area contributed by atoms with Crippen LogP contribution in [-0.2, 0) is 6.54 Å². The molecule has 2 aromatic carbocycles. The van der Waals surface area contributed by atoms with Gasteiger partial charge in [0, 0.05) is 18.7 Å². The Bertz CT molecular complexity index is 540. The summed E-state index contributed by atoms with van der Waals surface area (Å²) in [7, 11) is 1.93. The number of benzene rings is 2. The lowest BCUT2D eigenvalue weighted by atomic mass is 10.1. The summed E-state index contributed by atoms with van der Waals surface area (Å²) in [6, 6.07) is 19.6. The molecule has 0 saturated carbocycles. The summed E-state index contributed by atoms with van der Waals surface area (Å²) in [4.78, 5) is 14.6. The minimum Gasteiger partial charge on any atom is -0.334 e. The van der Waals surface area contributed by atoms with E-state index in [1.807, 2.05) is 60.5 Å². The van der Waals surface area contributed by atoms with Crippen molar-refractivity contribution in [2.45, 2.75) is 13.0 Å². The number of rotatable bonds is 7. The first-order valence-electron chi connectivity index (χ1n) is 7.34. The third-order valence-corrected chi connectivity index (χ3v) is 3.38. The molecule has 0 fully saturated rings.